The molecule has 1 saturated heterocycles. The van der Waals surface area contributed by atoms with Crippen molar-refractivity contribution >= 4 is 46.9 Å². The summed E-state index contributed by atoms with van der Waals surface area (Å²) in [7, 11) is 0. The number of carbonyl (C=O) groups excluding carboxylic acids is 1. The standard InChI is InChI=1S/C26H38N6O8S/c33-22(14-27-23(34)13-20-1-3-21(4-2-20)28-19-41)15-29-5-7-30(16-24(35)36)9-11-32(18-26(39)40)12-10-31(8-6-29)17-25(37)38/h1-4,22,33H,5-18H2,(H,27,34)(H,35,36)(H,37,38)(H,39,40). The molecule has 1 heterocycles. The lowest BCUT2D eigenvalue weighted by Crippen LogP contribution is -2.50. The Morgan fingerprint density at radius 1 is 0.780 bits per heavy atom. The molecule has 1 atom stereocenters. The van der Waals surface area contributed by atoms with Gasteiger partial charge in [0, 0.05) is 65.4 Å². The Balaban J connectivity index is 2.00. The first-order valence-electron chi connectivity index (χ1n) is 13.2. The number of β-amino-alcohol motifs (C(OH)–C–C–N with tert-alkyl or cyclic N) is 1. The minimum atomic E-state index is -1.02. The SMILES string of the molecule is O=C(O)CN1CCN(CC(=O)O)CCN(CC(O)CNC(=O)Cc2ccc(N=C=S)cc2)CCN(CC(=O)O)CC1. The van der Waals surface area contributed by atoms with Gasteiger partial charge in [0.1, 0.15) is 0 Å². The zero-order valence-electron chi connectivity index (χ0n) is 22.9. The molecular formula is C26H38N6O8S. The highest BCUT2D eigenvalue weighted by molar-refractivity contribution is 7.78. The maximum atomic E-state index is 12.4. The van der Waals surface area contributed by atoms with Crippen LogP contribution in [0.4, 0.5) is 5.69 Å². The lowest BCUT2D eigenvalue weighted by atomic mass is 10.1. The normalized spacial score (nSPS) is 17.4. The van der Waals surface area contributed by atoms with E-state index in [1.165, 1.54) is 0 Å². The zero-order chi connectivity index (χ0) is 30.2. The summed E-state index contributed by atoms with van der Waals surface area (Å²) in [4.78, 5) is 57.4. The van der Waals surface area contributed by atoms with E-state index in [1.54, 1.807) is 39.0 Å². The first-order valence-corrected chi connectivity index (χ1v) is 13.6. The molecule has 14 nitrogen and oxygen atoms in total. The molecule has 1 fully saturated rings. The second-order valence-corrected chi connectivity index (χ2v) is 10.00. The van der Waals surface area contributed by atoms with Crippen LogP contribution in [0.15, 0.2) is 29.3 Å². The molecule has 226 valence electrons. The number of aliphatic carboxylic acids is 3. The fraction of sp³-hybridized carbons (Fsp3) is 0.577. The summed E-state index contributed by atoms with van der Waals surface area (Å²) in [6, 6.07) is 6.95. The Kier molecular flexibility index (Phi) is 15.0. The van der Waals surface area contributed by atoms with Crippen LogP contribution in [-0.4, -0.2) is 160 Å². The van der Waals surface area contributed by atoms with Crippen LogP contribution in [0, 0.1) is 0 Å². The fourth-order valence-corrected chi connectivity index (χ4v) is 4.50. The monoisotopic (exact) mass is 594 g/mol. The Labute approximate surface area is 243 Å². The molecule has 15 heteroatoms. The number of thiocarbonyl (C=S) groups is 1. The summed E-state index contributed by atoms with van der Waals surface area (Å²) in [5.41, 5.74) is 1.40. The van der Waals surface area contributed by atoms with Crippen molar-refractivity contribution in [3.05, 3.63) is 29.8 Å². The van der Waals surface area contributed by atoms with Gasteiger partial charge < -0.3 is 25.7 Å². The highest BCUT2D eigenvalue weighted by Crippen LogP contribution is 2.12. The van der Waals surface area contributed by atoms with Crippen molar-refractivity contribution in [3.8, 4) is 0 Å². The van der Waals surface area contributed by atoms with Gasteiger partial charge in [-0.1, -0.05) is 12.1 Å². The van der Waals surface area contributed by atoms with Crippen LogP contribution in [0.1, 0.15) is 5.56 Å². The number of carbonyl (C=O) groups is 4. The van der Waals surface area contributed by atoms with Crippen molar-refractivity contribution in [1.82, 2.24) is 24.9 Å². The predicted octanol–water partition coefficient (Wildman–Crippen LogP) is -1.08. The number of isothiocyanates is 1. The van der Waals surface area contributed by atoms with Gasteiger partial charge in [0.05, 0.1) is 43.0 Å². The summed E-state index contributed by atoms with van der Waals surface area (Å²) >= 11 is 4.57. The number of carboxylic acid groups (broad SMARTS) is 3. The Morgan fingerprint density at radius 3 is 1.59 bits per heavy atom. The maximum absolute atomic E-state index is 12.4. The maximum Gasteiger partial charge on any atom is 0.317 e. The number of carboxylic acids is 3. The van der Waals surface area contributed by atoms with Crippen molar-refractivity contribution in [2.24, 2.45) is 4.99 Å². The summed E-state index contributed by atoms with van der Waals surface area (Å²) in [5.74, 6) is -3.31. The molecule has 2 rings (SSSR count). The molecule has 1 unspecified atom stereocenters. The molecule has 0 aliphatic carbocycles. The fourth-order valence-electron chi connectivity index (χ4n) is 4.39. The molecule has 1 aromatic carbocycles. The minimum absolute atomic E-state index is 0.00441. The number of aliphatic hydroxyl groups excluding tert-OH is 1. The second kappa shape index (κ2) is 18.2. The van der Waals surface area contributed by atoms with Crippen molar-refractivity contribution in [1.29, 1.82) is 0 Å². The summed E-state index contributed by atoms with van der Waals surface area (Å²) in [5, 5.41) is 43.6. The van der Waals surface area contributed by atoms with E-state index in [9.17, 15) is 39.6 Å². The van der Waals surface area contributed by atoms with E-state index >= 15 is 0 Å². The quantitative estimate of drug-likeness (QED) is 0.137. The van der Waals surface area contributed by atoms with Crippen molar-refractivity contribution in [2.45, 2.75) is 12.5 Å². The molecule has 0 saturated carbocycles. The van der Waals surface area contributed by atoms with Gasteiger partial charge in [-0.15, -0.1) is 0 Å². The van der Waals surface area contributed by atoms with Crippen molar-refractivity contribution in [3.63, 3.8) is 0 Å². The number of hydrogen-bond donors (Lipinski definition) is 5. The number of aliphatic hydroxyl groups is 1. The Morgan fingerprint density at radius 2 is 1.20 bits per heavy atom. The van der Waals surface area contributed by atoms with Crippen LogP contribution in [0.5, 0.6) is 0 Å². The third-order valence-corrected chi connectivity index (χ3v) is 6.58. The molecule has 0 bridgehead atoms. The minimum Gasteiger partial charge on any atom is -0.480 e. The second-order valence-electron chi connectivity index (χ2n) is 9.81. The van der Waals surface area contributed by atoms with Crippen LogP contribution >= 0.6 is 12.2 Å². The average Bonchev–Trinajstić information content (AvgIpc) is 2.89. The molecule has 5 N–H and O–H groups in total. The number of aliphatic imine (C=N–C) groups is 1. The number of hydrogen-bond acceptors (Lipinski definition) is 11. The van der Waals surface area contributed by atoms with Crippen molar-refractivity contribution in [2.75, 3.05) is 85.1 Å². The molecule has 41 heavy (non-hydrogen) atoms. The van der Waals surface area contributed by atoms with Gasteiger partial charge in [-0.25, -0.2) is 0 Å². The lowest BCUT2D eigenvalue weighted by molar-refractivity contribution is -0.140. The first-order chi connectivity index (χ1) is 19.5. The molecule has 0 radical (unpaired) electrons. The Hall–Kier alpha value is -3.30. The summed E-state index contributed by atoms with van der Waals surface area (Å²) in [6.07, 6.45) is -0.802. The number of nitrogens with one attached hydrogen (secondary N) is 1. The van der Waals surface area contributed by atoms with Gasteiger partial charge >= 0.3 is 17.9 Å². The molecule has 1 aromatic rings. The van der Waals surface area contributed by atoms with Crippen molar-refractivity contribution < 1.29 is 39.6 Å². The van der Waals surface area contributed by atoms with E-state index in [4.69, 9.17) is 0 Å². The highest BCUT2D eigenvalue weighted by Gasteiger charge is 2.21. The third-order valence-electron chi connectivity index (χ3n) is 6.49. The number of benzene rings is 1. The van der Waals surface area contributed by atoms with E-state index in [1.807, 2.05) is 4.90 Å². The van der Waals surface area contributed by atoms with E-state index < -0.39 is 24.0 Å². The number of amides is 1. The molecule has 0 aromatic heterocycles. The lowest BCUT2D eigenvalue weighted by Gasteiger charge is -2.33. The number of nitrogens with zero attached hydrogens (tertiary/aromatic N) is 5. The van der Waals surface area contributed by atoms with Crippen LogP contribution in [0.25, 0.3) is 0 Å². The number of rotatable bonds is 13. The Bertz CT molecular complexity index is 1040. The van der Waals surface area contributed by atoms with Gasteiger partial charge in [0.25, 0.3) is 0 Å². The molecule has 1 amide bonds. The largest absolute Gasteiger partial charge is 0.480 e. The van der Waals surface area contributed by atoms with Crippen LogP contribution in [0.3, 0.4) is 0 Å². The molecular weight excluding hydrogens is 556 g/mol. The van der Waals surface area contributed by atoms with E-state index in [-0.39, 0.29) is 45.1 Å². The summed E-state index contributed by atoms with van der Waals surface area (Å²) < 4.78 is 0. The topological polar surface area (TPSA) is 187 Å². The van der Waals surface area contributed by atoms with Gasteiger partial charge in [0.2, 0.25) is 5.91 Å². The van der Waals surface area contributed by atoms with Gasteiger partial charge in [-0.3, -0.25) is 38.8 Å². The van der Waals surface area contributed by atoms with E-state index in [2.05, 4.69) is 27.7 Å². The predicted molar refractivity (Wildman–Crippen MR) is 153 cm³/mol. The first kappa shape index (κ1) is 33.9. The average molecular weight is 595 g/mol. The third kappa shape index (κ3) is 14.8. The van der Waals surface area contributed by atoms with Crippen LogP contribution < -0.4 is 5.32 Å². The highest BCUT2D eigenvalue weighted by atomic mass is 32.1. The van der Waals surface area contributed by atoms with Gasteiger partial charge in [0.15, 0.2) is 0 Å². The van der Waals surface area contributed by atoms with Gasteiger partial charge in [-0.05, 0) is 29.9 Å². The van der Waals surface area contributed by atoms with Gasteiger partial charge in [-0.2, -0.15) is 4.99 Å². The molecule has 1 aliphatic rings. The van der Waals surface area contributed by atoms with E-state index in [0.717, 1.165) is 5.56 Å². The molecule has 1 aliphatic heterocycles. The molecule has 0 spiro atoms. The van der Waals surface area contributed by atoms with E-state index in [0.29, 0.717) is 58.0 Å². The zero-order valence-corrected chi connectivity index (χ0v) is 23.7. The van der Waals surface area contributed by atoms with Crippen LogP contribution in [-0.2, 0) is 25.6 Å². The summed E-state index contributed by atoms with van der Waals surface area (Å²) in [6.45, 7) is 2.17. The smallest absolute Gasteiger partial charge is 0.317 e. The van der Waals surface area contributed by atoms with Crippen LogP contribution in [0.2, 0.25) is 0 Å².